The first kappa shape index (κ1) is 17.2. The van der Waals surface area contributed by atoms with Crippen LogP contribution >= 0.6 is 0 Å². The lowest BCUT2D eigenvalue weighted by Crippen LogP contribution is -2.50. The van der Waals surface area contributed by atoms with Crippen molar-refractivity contribution in [1.82, 2.24) is 4.90 Å². The maximum absolute atomic E-state index is 8.85. The number of hydrogen-bond donors (Lipinski definition) is 2. The summed E-state index contributed by atoms with van der Waals surface area (Å²) in [5, 5.41) is 8.85. The highest BCUT2D eigenvalue weighted by Gasteiger charge is 2.35. The number of hydrogen-bond acceptors (Lipinski definition) is 4. The quantitative estimate of drug-likeness (QED) is 0.755. The van der Waals surface area contributed by atoms with Gasteiger partial charge < -0.3 is 15.6 Å². The lowest BCUT2D eigenvalue weighted by molar-refractivity contribution is -0.0283. The minimum absolute atomic E-state index is 0.136. The molecular formula is C17H34N2O2. The van der Waals surface area contributed by atoms with Crippen LogP contribution in [0.5, 0.6) is 0 Å². The number of piperidine rings is 1. The molecular weight excluding hydrogens is 264 g/mol. The summed E-state index contributed by atoms with van der Waals surface area (Å²) in [5.74, 6) is 1.60. The fraction of sp³-hybridized carbons (Fsp3) is 1.00. The van der Waals surface area contributed by atoms with Gasteiger partial charge in [0.05, 0.1) is 19.3 Å². The smallest absolute Gasteiger partial charge is 0.0701 e. The van der Waals surface area contributed by atoms with Crippen LogP contribution in [0.1, 0.15) is 51.9 Å². The number of nitrogens with two attached hydrogens (primary N) is 1. The van der Waals surface area contributed by atoms with E-state index in [1.807, 2.05) is 0 Å². The molecule has 4 nitrogen and oxygen atoms in total. The van der Waals surface area contributed by atoms with Crippen LogP contribution in [0.25, 0.3) is 0 Å². The molecule has 1 heterocycles. The van der Waals surface area contributed by atoms with Crippen molar-refractivity contribution in [3.63, 3.8) is 0 Å². The molecule has 0 aromatic rings. The second-order valence-corrected chi connectivity index (χ2v) is 6.86. The Labute approximate surface area is 130 Å². The highest BCUT2D eigenvalue weighted by Crippen LogP contribution is 2.35. The summed E-state index contributed by atoms with van der Waals surface area (Å²) in [6.45, 7) is 6.03. The fourth-order valence-electron chi connectivity index (χ4n) is 4.28. The van der Waals surface area contributed by atoms with Gasteiger partial charge in [0.15, 0.2) is 0 Å². The molecule has 0 aromatic carbocycles. The van der Waals surface area contributed by atoms with Crippen molar-refractivity contribution in [2.75, 3.05) is 32.8 Å². The van der Waals surface area contributed by atoms with E-state index in [0.29, 0.717) is 24.7 Å². The normalized spacial score (nSPS) is 32.4. The van der Waals surface area contributed by atoms with Gasteiger partial charge in [-0.3, -0.25) is 4.90 Å². The molecule has 2 aliphatic rings. The number of rotatable bonds is 7. The molecule has 3 unspecified atom stereocenters. The van der Waals surface area contributed by atoms with Gasteiger partial charge in [-0.2, -0.15) is 0 Å². The van der Waals surface area contributed by atoms with Crippen molar-refractivity contribution in [3.8, 4) is 0 Å². The van der Waals surface area contributed by atoms with Crippen molar-refractivity contribution in [2.24, 2.45) is 17.6 Å². The number of nitrogens with zero attached hydrogens (tertiary/aromatic N) is 1. The van der Waals surface area contributed by atoms with Crippen LogP contribution in [-0.2, 0) is 4.74 Å². The van der Waals surface area contributed by atoms with Gasteiger partial charge in [0.1, 0.15) is 0 Å². The lowest BCUT2D eigenvalue weighted by atomic mass is 9.75. The van der Waals surface area contributed by atoms with Crippen molar-refractivity contribution >= 4 is 0 Å². The molecule has 1 aliphatic carbocycles. The van der Waals surface area contributed by atoms with Gasteiger partial charge in [0, 0.05) is 19.1 Å². The first-order valence-corrected chi connectivity index (χ1v) is 8.95. The zero-order valence-corrected chi connectivity index (χ0v) is 13.7. The molecule has 1 saturated carbocycles. The third kappa shape index (κ3) is 4.92. The zero-order chi connectivity index (χ0) is 15.1. The molecule has 2 rings (SSSR count). The average molecular weight is 298 g/mol. The number of ether oxygens (including phenoxy) is 1. The van der Waals surface area contributed by atoms with Crippen LogP contribution in [0.3, 0.4) is 0 Å². The van der Waals surface area contributed by atoms with E-state index in [4.69, 9.17) is 15.6 Å². The zero-order valence-electron chi connectivity index (χ0n) is 13.7. The Morgan fingerprint density at radius 2 is 1.95 bits per heavy atom. The van der Waals surface area contributed by atoms with Crippen LogP contribution in [0.15, 0.2) is 0 Å². The third-order valence-electron chi connectivity index (χ3n) is 5.45. The predicted octanol–water partition coefficient (Wildman–Crippen LogP) is 2.00. The van der Waals surface area contributed by atoms with E-state index in [2.05, 4.69) is 11.8 Å². The molecule has 0 spiro atoms. The number of aliphatic hydroxyl groups is 1. The van der Waals surface area contributed by atoms with E-state index < -0.39 is 0 Å². The van der Waals surface area contributed by atoms with Crippen LogP contribution in [0, 0.1) is 11.8 Å². The summed E-state index contributed by atoms with van der Waals surface area (Å²) in [4.78, 5) is 2.68. The van der Waals surface area contributed by atoms with E-state index in [1.165, 1.54) is 32.1 Å². The molecule has 2 fully saturated rings. The molecule has 124 valence electrons. The highest BCUT2D eigenvalue weighted by atomic mass is 16.5. The van der Waals surface area contributed by atoms with Crippen LogP contribution in [0.4, 0.5) is 0 Å². The summed E-state index contributed by atoms with van der Waals surface area (Å²) in [7, 11) is 0. The maximum atomic E-state index is 8.85. The molecule has 0 radical (unpaired) electrons. The Hall–Kier alpha value is -0.160. The molecule has 21 heavy (non-hydrogen) atoms. The minimum atomic E-state index is 0.136. The summed E-state index contributed by atoms with van der Waals surface area (Å²) in [6.07, 6.45) is 9.27. The van der Waals surface area contributed by atoms with E-state index >= 15 is 0 Å². The van der Waals surface area contributed by atoms with Crippen molar-refractivity contribution in [3.05, 3.63) is 0 Å². The van der Waals surface area contributed by atoms with Crippen molar-refractivity contribution in [2.45, 2.75) is 64.0 Å². The molecule has 0 aromatic heterocycles. The first-order chi connectivity index (χ1) is 10.3. The minimum Gasteiger partial charge on any atom is -0.394 e. The molecule has 1 saturated heterocycles. The van der Waals surface area contributed by atoms with E-state index in [9.17, 15) is 0 Å². The standard InChI is InChI=1S/C17H34N2O2/c1-2-3-14-4-5-15(13-18)17(12-14)19-8-6-16(7-9-19)21-11-10-20/h14-17,20H,2-13,18H2,1H3. The molecule has 0 amide bonds. The maximum Gasteiger partial charge on any atom is 0.0701 e. The topological polar surface area (TPSA) is 58.7 Å². The summed E-state index contributed by atoms with van der Waals surface area (Å²) < 4.78 is 5.68. The SMILES string of the molecule is CCCC1CCC(CN)C(N2CCC(OCCO)CC2)C1. The second-order valence-electron chi connectivity index (χ2n) is 6.86. The van der Waals surface area contributed by atoms with Crippen LogP contribution in [0.2, 0.25) is 0 Å². The number of likely N-dealkylation sites (tertiary alicyclic amines) is 1. The van der Waals surface area contributed by atoms with Gasteiger partial charge in [-0.25, -0.2) is 0 Å². The molecule has 0 bridgehead atoms. The van der Waals surface area contributed by atoms with Gasteiger partial charge >= 0.3 is 0 Å². The Kier molecular flexibility index (Phi) is 7.44. The Bertz CT molecular complexity index is 280. The summed E-state index contributed by atoms with van der Waals surface area (Å²) in [5.41, 5.74) is 6.03. The van der Waals surface area contributed by atoms with Gasteiger partial charge in [0.2, 0.25) is 0 Å². The van der Waals surface area contributed by atoms with Crippen molar-refractivity contribution < 1.29 is 9.84 Å². The predicted molar refractivity (Wildman–Crippen MR) is 86.2 cm³/mol. The molecule has 3 N–H and O–H groups in total. The molecule has 3 atom stereocenters. The largest absolute Gasteiger partial charge is 0.394 e. The fourth-order valence-corrected chi connectivity index (χ4v) is 4.28. The molecule has 4 heteroatoms. The summed E-state index contributed by atoms with van der Waals surface area (Å²) >= 11 is 0. The first-order valence-electron chi connectivity index (χ1n) is 8.95. The Balaban J connectivity index is 1.83. The second kappa shape index (κ2) is 9.09. The van der Waals surface area contributed by atoms with Gasteiger partial charge in [-0.1, -0.05) is 26.2 Å². The van der Waals surface area contributed by atoms with E-state index in [0.717, 1.165) is 38.4 Å². The van der Waals surface area contributed by atoms with Crippen LogP contribution < -0.4 is 5.73 Å². The van der Waals surface area contributed by atoms with Gasteiger partial charge in [-0.05, 0) is 44.1 Å². The average Bonchev–Trinajstić information content (AvgIpc) is 2.53. The lowest BCUT2D eigenvalue weighted by Gasteiger charge is -2.45. The van der Waals surface area contributed by atoms with Gasteiger partial charge in [0.25, 0.3) is 0 Å². The number of aliphatic hydroxyl groups excluding tert-OH is 1. The van der Waals surface area contributed by atoms with Crippen molar-refractivity contribution in [1.29, 1.82) is 0 Å². The Morgan fingerprint density at radius 1 is 1.19 bits per heavy atom. The monoisotopic (exact) mass is 298 g/mol. The van der Waals surface area contributed by atoms with E-state index in [-0.39, 0.29) is 6.61 Å². The van der Waals surface area contributed by atoms with Gasteiger partial charge in [-0.15, -0.1) is 0 Å². The molecule has 1 aliphatic heterocycles. The highest BCUT2D eigenvalue weighted by molar-refractivity contribution is 4.89. The van der Waals surface area contributed by atoms with Crippen LogP contribution in [-0.4, -0.2) is 55.0 Å². The summed E-state index contributed by atoms with van der Waals surface area (Å²) in [6, 6.07) is 0.694. The van der Waals surface area contributed by atoms with E-state index in [1.54, 1.807) is 0 Å². The third-order valence-corrected chi connectivity index (χ3v) is 5.45. The Morgan fingerprint density at radius 3 is 2.57 bits per heavy atom.